The first-order valence-corrected chi connectivity index (χ1v) is 10.5. The van der Waals surface area contributed by atoms with E-state index in [9.17, 15) is 14.9 Å². The van der Waals surface area contributed by atoms with Crippen molar-refractivity contribution in [2.75, 3.05) is 24.7 Å². The molecule has 1 saturated carbocycles. The summed E-state index contributed by atoms with van der Waals surface area (Å²) >= 11 is 1.07. The molecule has 4 rings (SSSR count). The predicted molar refractivity (Wildman–Crippen MR) is 116 cm³/mol. The van der Waals surface area contributed by atoms with Gasteiger partial charge in [0.15, 0.2) is 0 Å². The zero-order valence-electron chi connectivity index (χ0n) is 17.0. The van der Waals surface area contributed by atoms with Crippen molar-refractivity contribution in [2.24, 2.45) is 17.6 Å². The number of methoxy groups -OCH3 is 1. The minimum absolute atomic E-state index is 0.0837. The van der Waals surface area contributed by atoms with Crippen LogP contribution in [0.1, 0.15) is 33.8 Å². The van der Waals surface area contributed by atoms with Gasteiger partial charge in [-0.2, -0.15) is 5.26 Å². The molecule has 0 aliphatic heterocycles. The van der Waals surface area contributed by atoms with Crippen molar-refractivity contribution in [3.05, 3.63) is 28.3 Å². The Morgan fingerprint density at radius 3 is 2.74 bits per heavy atom. The molecular weight excluding hydrogens is 418 g/mol. The summed E-state index contributed by atoms with van der Waals surface area (Å²) in [5, 5.41) is 13.6. The van der Waals surface area contributed by atoms with Crippen LogP contribution in [-0.2, 0) is 9.53 Å². The fraction of sp³-hybridized carbons (Fsp3) is 0.333. The highest BCUT2D eigenvalue weighted by molar-refractivity contribution is 7.21. The molecule has 1 aliphatic carbocycles. The first-order chi connectivity index (χ1) is 14.8. The Morgan fingerprint density at radius 2 is 2.19 bits per heavy atom. The van der Waals surface area contributed by atoms with Crippen molar-refractivity contribution in [3.63, 3.8) is 0 Å². The van der Waals surface area contributed by atoms with E-state index < -0.39 is 5.91 Å². The van der Waals surface area contributed by atoms with Crippen LogP contribution in [-0.4, -0.2) is 30.5 Å². The first kappa shape index (κ1) is 20.7. The number of nitrogens with one attached hydrogen (secondary N) is 1. The van der Waals surface area contributed by atoms with E-state index in [2.05, 4.69) is 16.4 Å². The van der Waals surface area contributed by atoms with E-state index >= 15 is 0 Å². The molecule has 2 unspecified atom stereocenters. The number of anilines is 2. The minimum atomic E-state index is -0.662. The third-order valence-corrected chi connectivity index (χ3v) is 6.77. The van der Waals surface area contributed by atoms with Gasteiger partial charge in [0, 0.05) is 11.9 Å². The van der Waals surface area contributed by atoms with E-state index in [1.54, 1.807) is 19.1 Å². The number of nitriles is 1. The summed E-state index contributed by atoms with van der Waals surface area (Å²) in [5.74, 6) is 0.472. The van der Waals surface area contributed by atoms with E-state index in [1.165, 1.54) is 7.11 Å². The monoisotopic (exact) mass is 439 g/mol. The smallest absolute Gasteiger partial charge is 0.309 e. The number of esters is 1. The van der Waals surface area contributed by atoms with Crippen molar-refractivity contribution >= 4 is 44.9 Å². The summed E-state index contributed by atoms with van der Waals surface area (Å²) in [6.07, 6.45) is 1.65. The van der Waals surface area contributed by atoms with Crippen LogP contribution in [0.25, 0.3) is 21.5 Å². The number of carbonyl (C=O) groups excluding carboxylic acids is 2. The van der Waals surface area contributed by atoms with Crippen molar-refractivity contribution in [1.29, 1.82) is 5.26 Å². The molecule has 1 amide bonds. The topological polar surface area (TPSA) is 157 Å². The van der Waals surface area contributed by atoms with Gasteiger partial charge in [-0.25, -0.2) is 4.98 Å². The molecule has 1 aliphatic rings. The summed E-state index contributed by atoms with van der Waals surface area (Å²) in [7, 11) is 1.38. The summed E-state index contributed by atoms with van der Waals surface area (Å²) in [6, 6.07) is 5.72. The number of aromatic nitrogens is 1. The number of thiophene rings is 1. The average Bonchev–Trinajstić information content (AvgIpc) is 3.29. The number of ether oxygens (including phenoxy) is 1. The molecule has 3 heterocycles. The van der Waals surface area contributed by atoms with Gasteiger partial charge in [-0.05, 0) is 37.8 Å². The molecule has 10 heteroatoms. The molecule has 0 radical (unpaired) electrons. The number of primary amides is 1. The summed E-state index contributed by atoms with van der Waals surface area (Å²) in [4.78, 5) is 28.9. The van der Waals surface area contributed by atoms with Crippen LogP contribution in [0.3, 0.4) is 0 Å². The number of hydrogen-bond donors (Lipinski definition) is 3. The Balaban J connectivity index is 1.82. The maximum atomic E-state index is 11.9. The lowest BCUT2D eigenvalue weighted by Gasteiger charge is -2.34. The molecule has 0 saturated heterocycles. The van der Waals surface area contributed by atoms with Gasteiger partial charge < -0.3 is 25.9 Å². The van der Waals surface area contributed by atoms with Crippen molar-refractivity contribution in [3.8, 4) is 17.4 Å². The van der Waals surface area contributed by atoms with Crippen LogP contribution >= 0.6 is 11.3 Å². The number of fused-ring (bicyclic) bond motifs is 1. The maximum Gasteiger partial charge on any atom is 0.309 e. The molecule has 1 fully saturated rings. The van der Waals surface area contributed by atoms with E-state index in [1.807, 2.05) is 0 Å². The summed E-state index contributed by atoms with van der Waals surface area (Å²) in [6.45, 7) is 2.25. The van der Waals surface area contributed by atoms with Crippen molar-refractivity contribution in [1.82, 2.24) is 4.98 Å². The Labute approximate surface area is 182 Å². The van der Waals surface area contributed by atoms with Crippen LogP contribution in [0.2, 0.25) is 0 Å². The van der Waals surface area contributed by atoms with Gasteiger partial charge in [0.05, 0.1) is 24.3 Å². The van der Waals surface area contributed by atoms with E-state index in [0.29, 0.717) is 39.7 Å². The Morgan fingerprint density at radius 1 is 1.42 bits per heavy atom. The van der Waals surface area contributed by atoms with Crippen LogP contribution in [0.15, 0.2) is 16.5 Å². The van der Waals surface area contributed by atoms with Crippen LogP contribution < -0.4 is 16.8 Å². The van der Waals surface area contributed by atoms with Gasteiger partial charge in [-0.3, -0.25) is 9.59 Å². The van der Waals surface area contributed by atoms with Crippen LogP contribution in [0.4, 0.5) is 11.5 Å². The molecule has 3 aromatic heterocycles. The summed E-state index contributed by atoms with van der Waals surface area (Å²) < 4.78 is 10.6. The maximum absolute atomic E-state index is 11.9. The largest absolute Gasteiger partial charge is 0.469 e. The Hall–Kier alpha value is -3.58. The lowest BCUT2D eigenvalue weighted by atomic mass is 9.73. The fourth-order valence-electron chi connectivity index (χ4n) is 3.89. The van der Waals surface area contributed by atoms with Crippen molar-refractivity contribution in [2.45, 2.75) is 19.8 Å². The predicted octanol–water partition coefficient (Wildman–Crippen LogP) is 3.03. The Bertz CT molecular complexity index is 1240. The number of rotatable bonds is 6. The van der Waals surface area contributed by atoms with E-state index in [-0.39, 0.29) is 33.9 Å². The fourth-order valence-corrected chi connectivity index (χ4v) is 4.85. The first-order valence-electron chi connectivity index (χ1n) is 9.70. The third kappa shape index (κ3) is 3.47. The molecule has 0 bridgehead atoms. The molecular formula is C21H21N5O4S. The number of nitrogens with zero attached hydrogens (tertiary/aromatic N) is 2. The number of pyridine rings is 1. The highest BCUT2D eigenvalue weighted by Gasteiger charge is 2.37. The molecule has 31 heavy (non-hydrogen) atoms. The number of nitrogen functional groups attached to an aromatic ring is 1. The van der Waals surface area contributed by atoms with E-state index in [0.717, 1.165) is 24.2 Å². The highest BCUT2D eigenvalue weighted by atomic mass is 32.1. The van der Waals surface area contributed by atoms with Gasteiger partial charge in [-0.1, -0.05) is 0 Å². The number of hydrogen-bond acceptors (Lipinski definition) is 9. The van der Waals surface area contributed by atoms with Gasteiger partial charge >= 0.3 is 5.97 Å². The standard InChI is InChI=1S/C21H21N5O4S/c1-9-3-6-13(30-9)14-12(7-22)19(25-8-10-4-5-11(10)21(28)29-2)26-20-15(14)16(23)17(31-20)18(24)27/h3,6,10-11H,4-5,8,23H2,1-2H3,(H2,24,27)(H,25,26). The Kier molecular flexibility index (Phi) is 5.29. The molecule has 2 atom stereocenters. The third-order valence-electron chi connectivity index (χ3n) is 5.65. The number of amides is 1. The SMILES string of the molecule is COC(=O)C1CCC1CNc1nc2sc(C(N)=O)c(N)c2c(-c2ccc(C)o2)c1C#N. The molecule has 160 valence electrons. The normalized spacial score (nSPS) is 17.7. The molecule has 5 N–H and O–H groups in total. The quantitative estimate of drug-likeness (QED) is 0.495. The van der Waals surface area contributed by atoms with Gasteiger partial charge in [0.1, 0.15) is 38.7 Å². The van der Waals surface area contributed by atoms with Gasteiger partial charge in [0.2, 0.25) is 0 Å². The zero-order chi connectivity index (χ0) is 22.3. The van der Waals surface area contributed by atoms with Gasteiger partial charge in [0.25, 0.3) is 5.91 Å². The number of aryl methyl sites for hydroxylation is 1. The number of nitrogens with two attached hydrogens (primary N) is 2. The second-order valence-corrected chi connectivity index (χ2v) is 8.47. The lowest BCUT2D eigenvalue weighted by molar-refractivity contribution is -0.151. The zero-order valence-corrected chi connectivity index (χ0v) is 17.8. The summed E-state index contributed by atoms with van der Waals surface area (Å²) in [5.41, 5.74) is 12.6. The highest BCUT2D eigenvalue weighted by Crippen LogP contribution is 2.44. The molecule has 9 nitrogen and oxygen atoms in total. The lowest BCUT2D eigenvalue weighted by Crippen LogP contribution is -2.38. The van der Waals surface area contributed by atoms with Crippen LogP contribution in [0.5, 0.6) is 0 Å². The van der Waals surface area contributed by atoms with E-state index in [4.69, 9.17) is 20.6 Å². The number of carbonyl (C=O) groups is 2. The molecule has 0 aromatic carbocycles. The second kappa shape index (κ2) is 7.92. The second-order valence-electron chi connectivity index (χ2n) is 7.47. The van der Waals surface area contributed by atoms with Crippen molar-refractivity contribution < 1.29 is 18.7 Å². The van der Waals surface area contributed by atoms with Gasteiger partial charge in [-0.15, -0.1) is 11.3 Å². The number of furan rings is 1. The van der Waals surface area contributed by atoms with Crippen LogP contribution in [0, 0.1) is 30.1 Å². The molecule has 3 aromatic rings. The molecule has 0 spiro atoms. The average molecular weight is 439 g/mol. The minimum Gasteiger partial charge on any atom is -0.469 e.